The first-order valence-corrected chi connectivity index (χ1v) is 7.60. The first kappa shape index (κ1) is 15.6. The molecule has 0 bridgehead atoms. The van der Waals surface area contributed by atoms with Gasteiger partial charge in [-0.25, -0.2) is 4.98 Å². The van der Waals surface area contributed by atoms with Crippen LogP contribution in [-0.4, -0.2) is 42.3 Å². The summed E-state index contributed by atoms with van der Waals surface area (Å²) < 4.78 is 5.31. The number of anilines is 2. The molecule has 2 heterocycles. The normalized spacial score (nSPS) is 14.6. The number of pyridine rings is 1. The number of amides is 1. The summed E-state index contributed by atoms with van der Waals surface area (Å²) in [5, 5.41) is 12.3. The van der Waals surface area contributed by atoms with E-state index >= 15 is 0 Å². The average molecular weight is 334 g/mol. The minimum Gasteiger partial charge on any atom is -0.506 e. The zero-order valence-electron chi connectivity index (χ0n) is 12.3. The topological polar surface area (TPSA) is 74.7 Å². The predicted molar refractivity (Wildman–Crippen MR) is 88.3 cm³/mol. The Kier molecular flexibility index (Phi) is 4.64. The number of aromatic nitrogens is 1. The van der Waals surface area contributed by atoms with Gasteiger partial charge in [0.1, 0.15) is 11.6 Å². The molecule has 1 amide bonds. The van der Waals surface area contributed by atoms with Gasteiger partial charge in [-0.1, -0.05) is 11.6 Å². The van der Waals surface area contributed by atoms with E-state index in [9.17, 15) is 9.90 Å². The van der Waals surface area contributed by atoms with Gasteiger partial charge >= 0.3 is 0 Å². The number of carbonyl (C=O) groups is 1. The van der Waals surface area contributed by atoms with Gasteiger partial charge in [-0.05, 0) is 30.3 Å². The number of benzene rings is 1. The van der Waals surface area contributed by atoms with Crippen molar-refractivity contribution in [3.8, 4) is 5.75 Å². The minimum atomic E-state index is -0.312. The number of carbonyl (C=O) groups excluding carboxylic acids is 1. The number of aromatic hydroxyl groups is 1. The van der Waals surface area contributed by atoms with E-state index in [0.29, 0.717) is 24.5 Å². The summed E-state index contributed by atoms with van der Waals surface area (Å²) in [5.41, 5.74) is 0.960. The van der Waals surface area contributed by atoms with E-state index in [1.807, 2.05) is 6.07 Å². The molecule has 6 nitrogen and oxygen atoms in total. The molecule has 1 aromatic carbocycles. The highest BCUT2D eigenvalue weighted by Gasteiger charge is 2.13. The lowest BCUT2D eigenvalue weighted by Crippen LogP contribution is -2.36. The van der Waals surface area contributed by atoms with E-state index in [1.54, 1.807) is 12.3 Å². The quantitative estimate of drug-likeness (QED) is 0.902. The van der Waals surface area contributed by atoms with E-state index in [2.05, 4.69) is 15.2 Å². The maximum atomic E-state index is 12.2. The lowest BCUT2D eigenvalue weighted by molar-refractivity contribution is 0.102. The molecule has 1 aliphatic heterocycles. The SMILES string of the molecule is O=C(Nc1ccc(N2CCOCC2)nc1)c1ccc(O)c(Cl)c1. The standard InChI is InChI=1S/C16H16ClN3O3/c17-13-9-11(1-3-14(13)21)16(22)19-12-2-4-15(18-10-12)20-5-7-23-8-6-20/h1-4,9-10,21H,5-8H2,(H,19,22). The molecule has 1 aromatic heterocycles. The Balaban J connectivity index is 1.67. The van der Waals surface area contributed by atoms with Crippen LogP contribution in [0.15, 0.2) is 36.5 Å². The second-order valence-corrected chi connectivity index (χ2v) is 5.53. The molecule has 0 saturated carbocycles. The Morgan fingerprint density at radius 2 is 2.04 bits per heavy atom. The van der Waals surface area contributed by atoms with Gasteiger partial charge in [-0.3, -0.25) is 4.79 Å². The molecule has 7 heteroatoms. The molecule has 120 valence electrons. The van der Waals surface area contributed by atoms with Crippen molar-refractivity contribution in [2.45, 2.75) is 0 Å². The van der Waals surface area contributed by atoms with Crippen molar-refractivity contribution in [1.82, 2.24) is 4.98 Å². The Morgan fingerprint density at radius 1 is 1.26 bits per heavy atom. The van der Waals surface area contributed by atoms with Crippen LogP contribution >= 0.6 is 11.6 Å². The summed E-state index contributed by atoms with van der Waals surface area (Å²) in [4.78, 5) is 18.7. The van der Waals surface area contributed by atoms with Gasteiger partial charge in [0.05, 0.1) is 30.1 Å². The van der Waals surface area contributed by atoms with Crippen LogP contribution in [0.2, 0.25) is 5.02 Å². The van der Waals surface area contributed by atoms with Crippen LogP contribution in [0.25, 0.3) is 0 Å². The van der Waals surface area contributed by atoms with Crippen LogP contribution in [0.1, 0.15) is 10.4 Å². The molecule has 2 N–H and O–H groups in total. The zero-order chi connectivity index (χ0) is 16.2. The van der Waals surface area contributed by atoms with Crippen molar-refractivity contribution in [2.75, 3.05) is 36.5 Å². The number of rotatable bonds is 3. The first-order chi connectivity index (χ1) is 11.1. The van der Waals surface area contributed by atoms with Crippen molar-refractivity contribution in [1.29, 1.82) is 0 Å². The molecule has 1 saturated heterocycles. The number of hydrogen-bond acceptors (Lipinski definition) is 5. The molecule has 0 spiro atoms. The molecule has 1 fully saturated rings. The average Bonchev–Trinajstić information content (AvgIpc) is 2.59. The number of morpholine rings is 1. The van der Waals surface area contributed by atoms with Gasteiger partial charge in [-0.15, -0.1) is 0 Å². The highest BCUT2D eigenvalue weighted by Crippen LogP contribution is 2.24. The molecule has 0 aliphatic carbocycles. The van der Waals surface area contributed by atoms with Crippen LogP contribution in [-0.2, 0) is 4.74 Å². The Morgan fingerprint density at radius 3 is 2.70 bits per heavy atom. The number of phenolic OH excluding ortho intramolecular Hbond substituents is 1. The lowest BCUT2D eigenvalue weighted by Gasteiger charge is -2.27. The molecular weight excluding hydrogens is 318 g/mol. The van der Waals surface area contributed by atoms with Crippen molar-refractivity contribution < 1.29 is 14.6 Å². The monoisotopic (exact) mass is 333 g/mol. The highest BCUT2D eigenvalue weighted by molar-refractivity contribution is 6.32. The number of nitrogens with one attached hydrogen (secondary N) is 1. The van der Waals surface area contributed by atoms with E-state index in [4.69, 9.17) is 16.3 Å². The van der Waals surface area contributed by atoms with Gasteiger partial charge < -0.3 is 20.1 Å². The zero-order valence-corrected chi connectivity index (χ0v) is 13.1. The number of hydrogen-bond donors (Lipinski definition) is 2. The van der Waals surface area contributed by atoms with Gasteiger partial charge in [0.2, 0.25) is 0 Å². The van der Waals surface area contributed by atoms with Gasteiger partial charge in [0.25, 0.3) is 5.91 Å². The van der Waals surface area contributed by atoms with Gasteiger partial charge in [-0.2, -0.15) is 0 Å². The van der Waals surface area contributed by atoms with Crippen LogP contribution < -0.4 is 10.2 Å². The number of halogens is 1. The van der Waals surface area contributed by atoms with Crippen molar-refractivity contribution in [3.63, 3.8) is 0 Å². The third-order valence-corrected chi connectivity index (χ3v) is 3.85. The van der Waals surface area contributed by atoms with Crippen LogP contribution in [0.5, 0.6) is 5.75 Å². The fourth-order valence-corrected chi connectivity index (χ4v) is 2.47. The van der Waals surface area contributed by atoms with Crippen LogP contribution in [0.4, 0.5) is 11.5 Å². The molecule has 23 heavy (non-hydrogen) atoms. The van der Waals surface area contributed by atoms with Crippen molar-refractivity contribution in [2.24, 2.45) is 0 Å². The minimum absolute atomic E-state index is 0.0558. The maximum Gasteiger partial charge on any atom is 0.255 e. The van der Waals surface area contributed by atoms with Gasteiger partial charge in [0, 0.05) is 18.7 Å². The number of nitrogens with zero attached hydrogens (tertiary/aromatic N) is 2. The third kappa shape index (κ3) is 3.72. The largest absolute Gasteiger partial charge is 0.506 e. The fraction of sp³-hybridized carbons (Fsp3) is 0.250. The van der Waals surface area contributed by atoms with E-state index in [1.165, 1.54) is 18.2 Å². The van der Waals surface area contributed by atoms with E-state index in [-0.39, 0.29) is 16.7 Å². The molecule has 3 rings (SSSR count). The molecule has 0 radical (unpaired) electrons. The highest BCUT2D eigenvalue weighted by atomic mass is 35.5. The number of ether oxygens (including phenoxy) is 1. The van der Waals surface area contributed by atoms with Crippen molar-refractivity contribution >= 4 is 29.0 Å². The van der Waals surface area contributed by atoms with Crippen LogP contribution in [0.3, 0.4) is 0 Å². The summed E-state index contributed by atoms with van der Waals surface area (Å²) in [7, 11) is 0. The smallest absolute Gasteiger partial charge is 0.255 e. The molecular formula is C16H16ClN3O3. The molecule has 2 aromatic rings. The summed E-state index contributed by atoms with van der Waals surface area (Å²) in [5.74, 6) is 0.492. The Bertz CT molecular complexity index is 700. The van der Waals surface area contributed by atoms with Crippen molar-refractivity contribution in [3.05, 3.63) is 47.1 Å². The molecule has 0 atom stereocenters. The van der Waals surface area contributed by atoms with Gasteiger partial charge in [0.15, 0.2) is 0 Å². The predicted octanol–water partition coefficient (Wildman–Crippen LogP) is 2.53. The summed E-state index contributed by atoms with van der Waals surface area (Å²) >= 11 is 5.81. The summed E-state index contributed by atoms with van der Waals surface area (Å²) in [6, 6.07) is 7.98. The molecule has 0 unspecified atom stereocenters. The van der Waals surface area contributed by atoms with E-state index in [0.717, 1.165) is 18.9 Å². The first-order valence-electron chi connectivity index (χ1n) is 7.22. The van der Waals surface area contributed by atoms with Crippen LogP contribution in [0, 0.1) is 0 Å². The maximum absolute atomic E-state index is 12.2. The summed E-state index contributed by atoms with van der Waals surface area (Å²) in [6.07, 6.45) is 1.62. The number of phenols is 1. The Hall–Kier alpha value is -2.31. The summed E-state index contributed by atoms with van der Waals surface area (Å²) in [6.45, 7) is 3.01. The van der Waals surface area contributed by atoms with E-state index < -0.39 is 0 Å². The molecule has 1 aliphatic rings. The third-order valence-electron chi connectivity index (χ3n) is 3.55. The fourth-order valence-electron chi connectivity index (χ4n) is 2.29. The Labute approximate surface area is 138 Å². The second kappa shape index (κ2) is 6.85. The lowest BCUT2D eigenvalue weighted by atomic mass is 10.2. The second-order valence-electron chi connectivity index (χ2n) is 5.12.